The lowest BCUT2D eigenvalue weighted by molar-refractivity contribution is -0.339. The molecule has 0 aromatic heterocycles. The largest absolute Gasteiger partial charge is 0.468 e. The van der Waals surface area contributed by atoms with Crippen molar-refractivity contribution in [2.24, 2.45) is 51.2 Å². The number of carbonyl (C=O) groups is 7. The van der Waals surface area contributed by atoms with Crippen LogP contribution < -0.4 is 5.32 Å². The van der Waals surface area contributed by atoms with Gasteiger partial charge in [0.25, 0.3) is 0 Å². The van der Waals surface area contributed by atoms with Crippen molar-refractivity contribution in [2.75, 3.05) is 20.3 Å². The minimum atomic E-state index is -1.46. The molecule has 1 N–H and O–H groups in total. The lowest BCUT2D eigenvalue weighted by Gasteiger charge is -2.70. The molecule has 5 rings (SSSR count). The van der Waals surface area contributed by atoms with Crippen molar-refractivity contribution in [1.29, 1.82) is 0 Å². The number of rotatable bonds is 18. The molecule has 5 aliphatic rings. The van der Waals surface area contributed by atoms with Crippen LogP contribution in [0.2, 0.25) is 0 Å². The quantitative estimate of drug-likeness (QED) is 0.0835. The summed E-state index contributed by atoms with van der Waals surface area (Å²) in [4.78, 5) is 89.1. The Morgan fingerprint density at radius 1 is 0.696 bits per heavy atom. The number of methoxy groups -OCH3 is 1. The van der Waals surface area contributed by atoms with Gasteiger partial charge in [-0.25, -0.2) is 0 Å². The third kappa shape index (κ3) is 11.8. The van der Waals surface area contributed by atoms with Gasteiger partial charge in [0.2, 0.25) is 0 Å². The highest BCUT2D eigenvalue weighted by atomic mass is 16.7. The van der Waals surface area contributed by atoms with E-state index in [0.29, 0.717) is 38.6 Å². The Morgan fingerprint density at radius 2 is 1.28 bits per heavy atom. The molecule has 1 saturated heterocycles. The standard InChI is InChI=1S/C52H83NO16/c1-28(2)25-36(46(60)61-15)53-24-16-20-52(14,69-47-45(67-34(8)59)44(66-33(7)58)43(65-32(6)57)38(68-47)27-62-29(3)54)35-17-22-51(13)42(35)37(63-30(4)55)26-40-49(11)21-19-41(64-31(5)56)48(9,10)39(49)18-23-50(40,51)12/h28,35-45,47,53H,16-27H2,1-15H3/t35?,36-,37?,38+,39?,40?,41-,42-,43+,44-,45?,47+,49-,50+,51+,52?/m0/s1. The molecule has 16 atom stereocenters. The normalized spacial score (nSPS) is 37.0. The fourth-order valence-electron chi connectivity index (χ4n) is 14.6. The molecule has 4 saturated carbocycles. The smallest absolute Gasteiger partial charge is 0.322 e. The number of fused-ring (bicyclic) bond motifs is 5. The maximum atomic E-state index is 13.4. The van der Waals surface area contributed by atoms with Crippen LogP contribution in [-0.2, 0) is 76.2 Å². The Morgan fingerprint density at radius 3 is 1.84 bits per heavy atom. The molecule has 17 nitrogen and oxygen atoms in total. The summed E-state index contributed by atoms with van der Waals surface area (Å²) in [7, 11) is 1.36. The Balaban J connectivity index is 1.62. The highest BCUT2D eigenvalue weighted by Crippen LogP contribution is 2.76. The van der Waals surface area contributed by atoms with Gasteiger partial charge in [-0.05, 0) is 118 Å². The zero-order valence-corrected chi connectivity index (χ0v) is 44.0. The van der Waals surface area contributed by atoms with Crippen LogP contribution in [0.15, 0.2) is 0 Å². The predicted octanol–water partition coefficient (Wildman–Crippen LogP) is 6.96. The van der Waals surface area contributed by atoms with Gasteiger partial charge in [-0.15, -0.1) is 0 Å². The molecule has 0 amide bonds. The zero-order chi connectivity index (χ0) is 51.6. The van der Waals surface area contributed by atoms with Gasteiger partial charge in [-0.2, -0.15) is 0 Å². The first-order chi connectivity index (χ1) is 32.0. The van der Waals surface area contributed by atoms with Gasteiger partial charge in [-0.1, -0.05) is 48.5 Å². The van der Waals surface area contributed by atoms with E-state index in [-0.39, 0.29) is 69.3 Å². The molecule has 0 aromatic rings. The van der Waals surface area contributed by atoms with Gasteiger partial charge in [0, 0.05) is 52.9 Å². The minimum Gasteiger partial charge on any atom is -0.468 e. The fraction of sp³-hybridized carbons (Fsp3) is 0.865. The molecule has 392 valence electrons. The summed E-state index contributed by atoms with van der Waals surface area (Å²) in [5.41, 5.74) is -2.22. The van der Waals surface area contributed by atoms with Crippen molar-refractivity contribution in [3.63, 3.8) is 0 Å². The van der Waals surface area contributed by atoms with Crippen LogP contribution in [0, 0.1) is 51.2 Å². The summed E-state index contributed by atoms with van der Waals surface area (Å²) in [5, 5.41) is 3.40. The third-order valence-electron chi connectivity index (χ3n) is 17.5. The molecular formula is C52H83NO16. The van der Waals surface area contributed by atoms with Gasteiger partial charge in [0.1, 0.15) is 31.0 Å². The average molecular weight is 978 g/mol. The predicted molar refractivity (Wildman–Crippen MR) is 249 cm³/mol. The average Bonchev–Trinajstić information content (AvgIpc) is 3.61. The van der Waals surface area contributed by atoms with Crippen LogP contribution in [0.3, 0.4) is 0 Å². The maximum absolute atomic E-state index is 13.4. The van der Waals surface area contributed by atoms with Crippen LogP contribution >= 0.6 is 0 Å². The highest BCUT2D eigenvalue weighted by molar-refractivity contribution is 5.75. The van der Waals surface area contributed by atoms with E-state index in [4.69, 9.17) is 42.6 Å². The van der Waals surface area contributed by atoms with E-state index >= 15 is 0 Å². The Hall–Kier alpha value is -3.83. The van der Waals surface area contributed by atoms with E-state index in [2.05, 4.69) is 39.9 Å². The molecular weight excluding hydrogens is 895 g/mol. The number of nitrogens with one attached hydrogen (secondary N) is 1. The van der Waals surface area contributed by atoms with Crippen molar-refractivity contribution in [1.82, 2.24) is 5.32 Å². The van der Waals surface area contributed by atoms with Gasteiger partial charge >= 0.3 is 41.8 Å². The van der Waals surface area contributed by atoms with E-state index in [0.717, 1.165) is 32.1 Å². The summed E-state index contributed by atoms with van der Waals surface area (Å²) in [5.74, 6) is -3.87. The second kappa shape index (κ2) is 21.9. The van der Waals surface area contributed by atoms with Crippen molar-refractivity contribution < 1.29 is 76.2 Å². The SMILES string of the molecule is COC(=O)[C@H](CC(C)C)NCCCC(C)(O[C@H]1O[C@H](COC(C)=O)[C@@H](OC(C)=O)[C@H](OC(C)=O)C1OC(C)=O)C1CC[C@]2(C)[C@@H]1C(OC(C)=O)CC1[C@@]3(C)CC[C@H](OC(C)=O)C(C)(C)C3CC[C@]12C. The second-order valence-electron chi connectivity index (χ2n) is 22.8. The molecule has 1 aliphatic heterocycles. The van der Waals surface area contributed by atoms with Crippen molar-refractivity contribution in [3.8, 4) is 0 Å². The maximum Gasteiger partial charge on any atom is 0.322 e. The first-order valence-corrected chi connectivity index (χ1v) is 25.2. The summed E-state index contributed by atoms with van der Waals surface area (Å²) < 4.78 is 54.4. The van der Waals surface area contributed by atoms with E-state index in [1.165, 1.54) is 48.7 Å². The number of carbonyl (C=O) groups excluding carboxylic acids is 7. The molecule has 1 heterocycles. The number of ether oxygens (including phenoxy) is 9. The number of esters is 7. The Kier molecular flexibility index (Phi) is 17.8. The zero-order valence-electron chi connectivity index (χ0n) is 44.0. The van der Waals surface area contributed by atoms with Crippen LogP contribution in [-0.4, -0.2) is 117 Å². The molecule has 5 fully saturated rings. The lowest BCUT2D eigenvalue weighted by atomic mass is 9.35. The Bertz CT molecular complexity index is 1900. The summed E-state index contributed by atoms with van der Waals surface area (Å²) in [6.07, 6.45) is -0.772. The van der Waals surface area contributed by atoms with Crippen LogP contribution in [0.25, 0.3) is 0 Å². The fourth-order valence-corrected chi connectivity index (χ4v) is 14.6. The molecule has 0 bridgehead atoms. The van der Waals surface area contributed by atoms with E-state index in [1.807, 2.05) is 20.8 Å². The van der Waals surface area contributed by atoms with Crippen LogP contribution in [0.4, 0.5) is 0 Å². The van der Waals surface area contributed by atoms with Gasteiger partial charge < -0.3 is 47.9 Å². The first kappa shape index (κ1) is 56.1. The van der Waals surface area contributed by atoms with E-state index in [9.17, 15) is 33.6 Å². The molecule has 6 unspecified atom stereocenters. The second-order valence-corrected chi connectivity index (χ2v) is 22.8. The number of hydrogen-bond acceptors (Lipinski definition) is 17. The number of hydrogen-bond donors (Lipinski definition) is 1. The van der Waals surface area contributed by atoms with Crippen LogP contribution in [0.1, 0.15) is 161 Å². The monoisotopic (exact) mass is 978 g/mol. The van der Waals surface area contributed by atoms with Gasteiger partial charge in [-0.3, -0.25) is 33.6 Å². The molecule has 0 radical (unpaired) electrons. The van der Waals surface area contributed by atoms with Crippen LogP contribution in [0.5, 0.6) is 0 Å². The molecule has 0 aromatic carbocycles. The van der Waals surface area contributed by atoms with Gasteiger partial charge in [0.15, 0.2) is 24.6 Å². The Labute approximate surface area is 409 Å². The molecule has 69 heavy (non-hydrogen) atoms. The lowest BCUT2D eigenvalue weighted by Crippen LogP contribution is -2.67. The molecule has 17 heteroatoms. The molecule has 4 aliphatic carbocycles. The topological polar surface area (TPSA) is 215 Å². The summed E-state index contributed by atoms with van der Waals surface area (Å²) >= 11 is 0. The van der Waals surface area contributed by atoms with Crippen molar-refractivity contribution in [3.05, 3.63) is 0 Å². The first-order valence-electron chi connectivity index (χ1n) is 25.2. The van der Waals surface area contributed by atoms with Gasteiger partial charge in [0.05, 0.1) is 12.7 Å². The summed E-state index contributed by atoms with van der Waals surface area (Å²) in [6, 6.07) is -0.550. The molecule has 0 spiro atoms. The minimum absolute atomic E-state index is 0.151. The third-order valence-corrected chi connectivity index (χ3v) is 17.5. The van der Waals surface area contributed by atoms with Crippen molar-refractivity contribution in [2.45, 2.75) is 216 Å². The highest BCUT2D eigenvalue weighted by Gasteiger charge is 2.73. The van der Waals surface area contributed by atoms with Crippen molar-refractivity contribution >= 4 is 41.8 Å². The summed E-state index contributed by atoms with van der Waals surface area (Å²) in [6.45, 7) is 25.3. The van der Waals surface area contributed by atoms with E-state index < -0.39 is 84.9 Å². The van der Waals surface area contributed by atoms with E-state index in [1.54, 1.807) is 0 Å².